The van der Waals surface area contributed by atoms with Crippen LogP contribution in [0.25, 0.3) is 0 Å². The van der Waals surface area contributed by atoms with Gasteiger partial charge >= 0.3 is 0 Å². The SMILES string of the molecule is CCC(NS(=O)(=O)c1cc(N)c(F)cc1Cl)c1ncc[nH]1. The summed E-state index contributed by atoms with van der Waals surface area (Å²) in [6.07, 6.45) is 3.59. The van der Waals surface area contributed by atoms with Crippen molar-refractivity contribution in [2.75, 3.05) is 5.73 Å². The maximum Gasteiger partial charge on any atom is 0.242 e. The number of nitrogens with one attached hydrogen (secondary N) is 2. The zero-order valence-corrected chi connectivity index (χ0v) is 12.7. The van der Waals surface area contributed by atoms with Gasteiger partial charge in [-0.1, -0.05) is 18.5 Å². The Labute approximate surface area is 126 Å². The Balaban J connectivity index is 2.36. The normalized spacial score (nSPS) is 13.3. The van der Waals surface area contributed by atoms with Gasteiger partial charge in [0.05, 0.1) is 16.8 Å². The number of nitrogen functional groups attached to an aromatic ring is 1. The van der Waals surface area contributed by atoms with Crippen molar-refractivity contribution in [3.8, 4) is 0 Å². The average Bonchev–Trinajstić information content (AvgIpc) is 2.94. The van der Waals surface area contributed by atoms with Crippen LogP contribution in [0, 0.1) is 5.82 Å². The molecule has 2 rings (SSSR count). The van der Waals surface area contributed by atoms with Crippen LogP contribution in [0.1, 0.15) is 25.2 Å². The molecule has 0 saturated carbocycles. The number of halogens is 2. The van der Waals surface area contributed by atoms with Gasteiger partial charge in [0, 0.05) is 12.4 Å². The lowest BCUT2D eigenvalue weighted by Gasteiger charge is -2.16. The fourth-order valence-corrected chi connectivity index (χ4v) is 3.63. The topological polar surface area (TPSA) is 101 Å². The first-order valence-electron chi connectivity index (χ1n) is 6.11. The van der Waals surface area contributed by atoms with E-state index in [1.54, 1.807) is 13.1 Å². The van der Waals surface area contributed by atoms with Crippen molar-refractivity contribution in [2.45, 2.75) is 24.3 Å². The highest BCUT2D eigenvalue weighted by Crippen LogP contribution is 2.27. The quantitative estimate of drug-likeness (QED) is 0.731. The molecule has 1 aromatic heterocycles. The molecule has 1 atom stereocenters. The summed E-state index contributed by atoms with van der Waals surface area (Å²) in [6, 6.07) is 1.32. The van der Waals surface area contributed by atoms with Gasteiger partial charge < -0.3 is 10.7 Å². The molecule has 21 heavy (non-hydrogen) atoms. The van der Waals surface area contributed by atoms with Gasteiger partial charge in [0.1, 0.15) is 16.5 Å². The highest BCUT2D eigenvalue weighted by atomic mass is 35.5. The van der Waals surface area contributed by atoms with E-state index in [9.17, 15) is 12.8 Å². The van der Waals surface area contributed by atoms with Gasteiger partial charge in [0.2, 0.25) is 10.0 Å². The largest absolute Gasteiger partial charge is 0.396 e. The minimum Gasteiger partial charge on any atom is -0.396 e. The van der Waals surface area contributed by atoms with Gasteiger partial charge in [-0.3, -0.25) is 0 Å². The van der Waals surface area contributed by atoms with E-state index in [1.165, 1.54) is 6.20 Å². The summed E-state index contributed by atoms with van der Waals surface area (Å²) in [6.45, 7) is 1.80. The second-order valence-corrected chi connectivity index (χ2v) is 6.45. The molecule has 2 aromatic rings. The number of aromatic amines is 1. The van der Waals surface area contributed by atoms with Crippen molar-refractivity contribution < 1.29 is 12.8 Å². The summed E-state index contributed by atoms with van der Waals surface area (Å²) in [5, 5.41) is -0.233. The molecule has 0 aliphatic rings. The summed E-state index contributed by atoms with van der Waals surface area (Å²) < 4.78 is 40.5. The number of nitrogens with two attached hydrogens (primary N) is 1. The van der Waals surface area contributed by atoms with Crippen LogP contribution >= 0.6 is 11.6 Å². The molecule has 0 fully saturated rings. The summed E-state index contributed by atoms with van der Waals surface area (Å²) in [4.78, 5) is 6.59. The molecule has 9 heteroatoms. The van der Waals surface area contributed by atoms with Crippen molar-refractivity contribution in [1.29, 1.82) is 0 Å². The van der Waals surface area contributed by atoms with E-state index in [0.717, 1.165) is 12.1 Å². The number of sulfonamides is 1. The molecule has 0 spiro atoms. The Morgan fingerprint density at radius 1 is 1.52 bits per heavy atom. The Kier molecular flexibility index (Phi) is 4.50. The van der Waals surface area contributed by atoms with Crippen molar-refractivity contribution in [3.63, 3.8) is 0 Å². The number of rotatable bonds is 5. The molecule has 1 unspecified atom stereocenters. The van der Waals surface area contributed by atoms with Crippen molar-refractivity contribution in [2.24, 2.45) is 0 Å². The van der Waals surface area contributed by atoms with Gasteiger partial charge in [-0.05, 0) is 18.6 Å². The molecule has 1 heterocycles. The lowest BCUT2D eigenvalue weighted by atomic mass is 10.2. The highest BCUT2D eigenvalue weighted by Gasteiger charge is 2.25. The second-order valence-electron chi connectivity index (χ2n) is 4.36. The average molecular weight is 333 g/mol. The number of imidazole rings is 1. The molecule has 0 saturated heterocycles. The van der Waals surface area contributed by atoms with Gasteiger partial charge in [-0.2, -0.15) is 0 Å². The fourth-order valence-electron chi connectivity index (χ4n) is 1.80. The van der Waals surface area contributed by atoms with Crippen LogP contribution in [0.5, 0.6) is 0 Å². The van der Waals surface area contributed by atoms with E-state index in [2.05, 4.69) is 14.7 Å². The van der Waals surface area contributed by atoms with Crippen LogP contribution in [-0.4, -0.2) is 18.4 Å². The molecule has 6 nitrogen and oxygen atoms in total. The van der Waals surface area contributed by atoms with Gasteiger partial charge in [-0.15, -0.1) is 0 Å². The monoisotopic (exact) mass is 332 g/mol. The molecular formula is C12H14ClFN4O2S. The van der Waals surface area contributed by atoms with Crippen LogP contribution in [0.3, 0.4) is 0 Å². The standard InChI is InChI=1S/C12H14ClFN4O2S/c1-2-10(12-16-3-4-17-12)18-21(19,20)11-6-9(15)8(14)5-7(11)13/h3-6,10,18H,2,15H2,1H3,(H,16,17). The van der Waals surface area contributed by atoms with Gasteiger partial charge in [-0.25, -0.2) is 22.5 Å². The predicted molar refractivity (Wildman–Crippen MR) is 77.8 cm³/mol. The van der Waals surface area contributed by atoms with Crippen LogP contribution in [0.4, 0.5) is 10.1 Å². The Morgan fingerprint density at radius 2 is 2.24 bits per heavy atom. The summed E-state index contributed by atoms with van der Waals surface area (Å²) in [5.74, 6) is -0.288. The molecule has 1 aromatic carbocycles. The highest BCUT2D eigenvalue weighted by molar-refractivity contribution is 7.89. The molecule has 0 radical (unpaired) electrons. The molecule has 0 aliphatic carbocycles. The van der Waals surface area contributed by atoms with E-state index < -0.39 is 21.9 Å². The molecule has 0 amide bonds. The minimum atomic E-state index is -3.96. The summed E-state index contributed by atoms with van der Waals surface area (Å²) in [5.41, 5.74) is 5.11. The first-order chi connectivity index (χ1) is 9.85. The number of nitrogens with zero attached hydrogens (tertiary/aromatic N) is 1. The maximum absolute atomic E-state index is 13.3. The fraction of sp³-hybridized carbons (Fsp3) is 0.250. The number of benzene rings is 1. The third-order valence-corrected chi connectivity index (χ3v) is 4.83. The van der Waals surface area contributed by atoms with Crippen LogP contribution < -0.4 is 10.5 Å². The van der Waals surface area contributed by atoms with Crippen molar-refractivity contribution in [1.82, 2.24) is 14.7 Å². The molecule has 0 aliphatic heterocycles. The number of anilines is 1. The maximum atomic E-state index is 13.3. The van der Waals surface area contributed by atoms with E-state index in [1.807, 2.05) is 0 Å². The lowest BCUT2D eigenvalue weighted by Crippen LogP contribution is -2.29. The molecule has 0 bridgehead atoms. The van der Waals surface area contributed by atoms with Crippen LogP contribution in [0.2, 0.25) is 5.02 Å². The predicted octanol–water partition coefficient (Wildman–Crippen LogP) is 2.21. The molecular weight excluding hydrogens is 319 g/mol. The van der Waals surface area contributed by atoms with Gasteiger partial charge in [0.25, 0.3) is 0 Å². The third kappa shape index (κ3) is 3.34. The smallest absolute Gasteiger partial charge is 0.242 e. The number of hydrogen-bond acceptors (Lipinski definition) is 4. The first-order valence-corrected chi connectivity index (χ1v) is 7.97. The Bertz CT molecular complexity index is 734. The third-order valence-electron chi connectivity index (χ3n) is 2.90. The van der Waals surface area contributed by atoms with E-state index in [0.29, 0.717) is 12.2 Å². The summed E-state index contributed by atoms with van der Waals surface area (Å²) in [7, 11) is -3.96. The van der Waals surface area contributed by atoms with Crippen LogP contribution in [-0.2, 0) is 10.0 Å². The summed E-state index contributed by atoms with van der Waals surface area (Å²) >= 11 is 5.80. The minimum absolute atomic E-state index is 0.233. The number of hydrogen-bond donors (Lipinski definition) is 3. The molecule has 4 N–H and O–H groups in total. The number of aromatic nitrogens is 2. The number of H-pyrrole nitrogens is 1. The second kappa shape index (κ2) is 6.00. The zero-order valence-electron chi connectivity index (χ0n) is 11.1. The van der Waals surface area contributed by atoms with Crippen LogP contribution in [0.15, 0.2) is 29.4 Å². The Morgan fingerprint density at radius 3 is 2.81 bits per heavy atom. The van der Waals surface area contributed by atoms with Crippen molar-refractivity contribution >= 4 is 27.3 Å². The van der Waals surface area contributed by atoms with Crippen molar-refractivity contribution in [3.05, 3.63) is 41.2 Å². The zero-order chi connectivity index (χ0) is 15.6. The van der Waals surface area contributed by atoms with E-state index >= 15 is 0 Å². The van der Waals surface area contributed by atoms with E-state index in [4.69, 9.17) is 17.3 Å². The van der Waals surface area contributed by atoms with Gasteiger partial charge in [0.15, 0.2) is 0 Å². The Hall–Kier alpha value is -1.64. The molecule has 114 valence electrons. The first kappa shape index (κ1) is 15.7. The lowest BCUT2D eigenvalue weighted by molar-refractivity contribution is 0.539. The van der Waals surface area contributed by atoms with E-state index in [-0.39, 0.29) is 15.6 Å².